The lowest BCUT2D eigenvalue weighted by Crippen LogP contribution is -2.42. The van der Waals surface area contributed by atoms with Crippen molar-refractivity contribution >= 4 is 17.3 Å². The number of ether oxygens (including phenoxy) is 2. The van der Waals surface area contributed by atoms with E-state index in [2.05, 4.69) is 10.2 Å². The van der Waals surface area contributed by atoms with Gasteiger partial charge in [-0.15, -0.1) is 0 Å². The first kappa shape index (κ1) is 24.2. The Bertz CT molecular complexity index is 949. The lowest BCUT2D eigenvalue weighted by atomic mass is 9.68. The van der Waals surface area contributed by atoms with Crippen LogP contribution in [0.3, 0.4) is 0 Å². The first-order valence-electron chi connectivity index (χ1n) is 12.2. The number of rotatable bonds is 9. The summed E-state index contributed by atoms with van der Waals surface area (Å²) in [4.78, 5) is 26.5. The molecule has 0 atom stereocenters. The molecule has 34 heavy (non-hydrogen) atoms. The summed E-state index contributed by atoms with van der Waals surface area (Å²) in [7, 11) is 0. The molecule has 4 rings (SSSR count). The molecule has 1 saturated carbocycles. The first-order chi connectivity index (χ1) is 16.6. The molecule has 0 radical (unpaired) electrons. The molecule has 2 aromatic rings. The van der Waals surface area contributed by atoms with E-state index in [1.54, 1.807) is 12.1 Å². The molecule has 0 unspecified atom stereocenters. The number of carbonyl (C=O) groups is 1. The number of nitrogens with zero attached hydrogens (tertiary/aromatic N) is 2. The van der Waals surface area contributed by atoms with Crippen molar-refractivity contribution in [3.8, 4) is 5.75 Å². The van der Waals surface area contributed by atoms with Gasteiger partial charge in [0.25, 0.3) is 5.69 Å². The number of hydrogen-bond donors (Lipinski definition) is 1. The topological polar surface area (TPSA) is 93.9 Å². The molecule has 2 aromatic carbocycles. The molecule has 1 aliphatic heterocycles. The van der Waals surface area contributed by atoms with E-state index in [1.165, 1.54) is 12.1 Å². The number of anilines is 1. The quantitative estimate of drug-likeness (QED) is 0.331. The van der Waals surface area contributed by atoms with Crippen molar-refractivity contribution in [2.75, 3.05) is 44.8 Å². The third-order valence-corrected chi connectivity index (χ3v) is 6.88. The van der Waals surface area contributed by atoms with E-state index in [0.717, 1.165) is 88.4 Å². The van der Waals surface area contributed by atoms with Crippen LogP contribution in [0.4, 0.5) is 11.4 Å². The maximum Gasteiger partial charge on any atom is 0.269 e. The average molecular weight is 468 g/mol. The van der Waals surface area contributed by atoms with E-state index in [0.29, 0.717) is 6.61 Å². The first-order valence-corrected chi connectivity index (χ1v) is 12.2. The van der Waals surface area contributed by atoms with Crippen LogP contribution in [-0.4, -0.2) is 55.2 Å². The zero-order valence-corrected chi connectivity index (χ0v) is 19.5. The Balaban J connectivity index is 1.34. The smallest absolute Gasteiger partial charge is 0.269 e. The van der Waals surface area contributed by atoms with E-state index < -0.39 is 10.3 Å². The van der Waals surface area contributed by atoms with Gasteiger partial charge in [-0.25, -0.2) is 0 Å². The van der Waals surface area contributed by atoms with Gasteiger partial charge < -0.3 is 14.8 Å². The summed E-state index contributed by atoms with van der Waals surface area (Å²) in [5.41, 5.74) is 0.936. The van der Waals surface area contributed by atoms with Gasteiger partial charge in [0.1, 0.15) is 5.75 Å². The maximum atomic E-state index is 13.5. The van der Waals surface area contributed by atoms with E-state index in [9.17, 15) is 14.9 Å². The summed E-state index contributed by atoms with van der Waals surface area (Å²) in [6.07, 6.45) is 5.45. The highest BCUT2D eigenvalue weighted by Crippen LogP contribution is 2.41. The molecule has 1 aliphatic carbocycles. The van der Waals surface area contributed by atoms with Crippen LogP contribution in [0.15, 0.2) is 48.5 Å². The Morgan fingerprint density at radius 2 is 1.71 bits per heavy atom. The van der Waals surface area contributed by atoms with Crippen molar-refractivity contribution in [1.82, 2.24) is 4.90 Å². The van der Waals surface area contributed by atoms with Crippen LogP contribution in [-0.2, 0) is 14.9 Å². The molecular formula is C26H33N3O5. The molecule has 0 spiro atoms. The second-order valence-corrected chi connectivity index (χ2v) is 9.08. The number of nitrogens with one attached hydrogen (secondary N) is 1. The van der Waals surface area contributed by atoms with Crippen LogP contribution in [0.1, 0.15) is 44.1 Å². The molecule has 2 aliphatic rings. The molecule has 1 N–H and O–H groups in total. The van der Waals surface area contributed by atoms with Crippen LogP contribution in [0.5, 0.6) is 5.75 Å². The van der Waals surface area contributed by atoms with Crippen molar-refractivity contribution in [2.24, 2.45) is 0 Å². The van der Waals surface area contributed by atoms with Gasteiger partial charge in [0.05, 0.1) is 30.2 Å². The summed E-state index contributed by atoms with van der Waals surface area (Å²) in [5.74, 6) is 0.725. The molecule has 0 bridgehead atoms. The minimum Gasteiger partial charge on any atom is -0.494 e. The van der Waals surface area contributed by atoms with Crippen LogP contribution in [0.25, 0.3) is 0 Å². The Kier molecular flexibility index (Phi) is 8.13. The van der Waals surface area contributed by atoms with Crippen molar-refractivity contribution in [3.63, 3.8) is 0 Å². The summed E-state index contributed by atoms with van der Waals surface area (Å²) in [5, 5.41) is 14.1. The molecule has 1 heterocycles. The van der Waals surface area contributed by atoms with Gasteiger partial charge in [0.15, 0.2) is 0 Å². The number of carbonyl (C=O) groups excluding carboxylic acids is 1. The zero-order chi connectivity index (χ0) is 23.8. The third-order valence-electron chi connectivity index (χ3n) is 6.88. The highest BCUT2D eigenvalue weighted by atomic mass is 16.6. The number of amides is 1. The van der Waals surface area contributed by atoms with Crippen molar-refractivity contribution in [1.29, 1.82) is 0 Å². The fourth-order valence-corrected chi connectivity index (χ4v) is 4.89. The summed E-state index contributed by atoms with van der Waals surface area (Å²) in [6, 6.07) is 13.9. The fraction of sp³-hybridized carbons (Fsp3) is 0.500. The fourth-order valence-electron chi connectivity index (χ4n) is 4.89. The number of non-ortho nitro benzene ring substituents is 1. The second kappa shape index (κ2) is 11.4. The molecule has 1 amide bonds. The molecular weight excluding hydrogens is 434 g/mol. The molecule has 8 heteroatoms. The van der Waals surface area contributed by atoms with Crippen molar-refractivity contribution in [2.45, 2.75) is 43.9 Å². The number of hydrogen-bond acceptors (Lipinski definition) is 6. The van der Waals surface area contributed by atoms with E-state index in [4.69, 9.17) is 9.47 Å². The van der Waals surface area contributed by atoms with E-state index in [-0.39, 0.29) is 11.6 Å². The predicted molar refractivity (Wildman–Crippen MR) is 130 cm³/mol. The highest BCUT2D eigenvalue weighted by Gasteiger charge is 2.41. The van der Waals surface area contributed by atoms with Crippen molar-refractivity contribution in [3.05, 3.63) is 64.2 Å². The van der Waals surface area contributed by atoms with Gasteiger partial charge in [-0.3, -0.25) is 19.8 Å². The van der Waals surface area contributed by atoms with Gasteiger partial charge in [0, 0.05) is 37.5 Å². The Morgan fingerprint density at radius 1 is 1.03 bits per heavy atom. The maximum absolute atomic E-state index is 13.5. The third kappa shape index (κ3) is 5.93. The van der Waals surface area contributed by atoms with Crippen LogP contribution >= 0.6 is 0 Å². The summed E-state index contributed by atoms with van der Waals surface area (Å²) < 4.78 is 11.2. The lowest BCUT2D eigenvalue weighted by molar-refractivity contribution is -0.384. The molecule has 0 aromatic heterocycles. The SMILES string of the molecule is O=C(Nc1ccc(OCCCN2CCOCC2)cc1)C1(c2ccc([N+](=O)[O-])cc2)CCCCC1. The minimum absolute atomic E-state index is 0.0376. The van der Waals surface area contributed by atoms with Gasteiger partial charge in [-0.2, -0.15) is 0 Å². The molecule has 182 valence electrons. The molecule has 2 fully saturated rings. The standard InChI is InChI=1S/C26H33N3O5/c30-25(26(13-2-1-3-14-26)21-5-9-23(10-6-21)29(31)32)27-22-7-11-24(12-8-22)34-18-4-15-28-16-19-33-20-17-28/h5-12H,1-4,13-20H2,(H,27,30). The normalized spacial score (nSPS) is 18.2. The largest absolute Gasteiger partial charge is 0.494 e. The van der Waals surface area contributed by atoms with Gasteiger partial charge in [-0.1, -0.05) is 31.4 Å². The van der Waals surface area contributed by atoms with Crippen molar-refractivity contribution < 1.29 is 19.2 Å². The lowest BCUT2D eigenvalue weighted by Gasteiger charge is -2.36. The number of benzene rings is 2. The van der Waals surface area contributed by atoms with E-state index >= 15 is 0 Å². The van der Waals surface area contributed by atoms with Gasteiger partial charge in [0.2, 0.25) is 5.91 Å². The van der Waals surface area contributed by atoms with E-state index in [1.807, 2.05) is 24.3 Å². The minimum atomic E-state index is -0.665. The summed E-state index contributed by atoms with van der Waals surface area (Å²) in [6.45, 7) is 5.22. The van der Waals surface area contributed by atoms with Gasteiger partial charge in [-0.05, 0) is 49.1 Å². The van der Waals surface area contributed by atoms with Crippen LogP contribution in [0.2, 0.25) is 0 Å². The Hall–Kier alpha value is -2.97. The predicted octanol–water partition coefficient (Wildman–Crippen LogP) is 4.54. The number of nitro benzene ring substituents is 1. The highest BCUT2D eigenvalue weighted by molar-refractivity contribution is 5.99. The Labute approximate surface area is 200 Å². The zero-order valence-electron chi connectivity index (χ0n) is 19.5. The number of nitro groups is 1. The molecule has 8 nitrogen and oxygen atoms in total. The second-order valence-electron chi connectivity index (χ2n) is 9.08. The van der Waals surface area contributed by atoms with Gasteiger partial charge >= 0.3 is 0 Å². The van der Waals surface area contributed by atoms with Crippen LogP contribution < -0.4 is 10.1 Å². The molecule has 1 saturated heterocycles. The summed E-state index contributed by atoms with van der Waals surface area (Å²) >= 11 is 0. The monoisotopic (exact) mass is 467 g/mol. The Morgan fingerprint density at radius 3 is 2.35 bits per heavy atom. The number of morpholine rings is 1. The average Bonchev–Trinajstić information content (AvgIpc) is 2.88. The van der Waals surface area contributed by atoms with Crippen LogP contribution in [0, 0.1) is 10.1 Å².